The van der Waals surface area contributed by atoms with Crippen LogP contribution in [0, 0.1) is 15.9 Å². The average Bonchev–Trinajstić information content (AvgIpc) is 2.89. The number of para-hydroxylation sites is 1. The van der Waals surface area contributed by atoms with Crippen LogP contribution in [0.2, 0.25) is 0 Å². The smallest absolute Gasteiger partial charge is 0.269 e. The predicted molar refractivity (Wildman–Crippen MR) is 137 cm³/mol. The lowest BCUT2D eigenvalue weighted by Gasteiger charge is -2.37. The maximum Gasteiger partial charge on any atom is 0.269 e. The molecule has 0 spiro atoms. The van der Waals surface area contributed by atoms with Crippen LogP contribution in [-0.4, -0.2) is 16.6 Å². The van der Waals surface area contributed by atoms with Crippen molar-refractivity contribution in [3.05, 3.63) is 128 Å². The summed E-state index contributed by atoms with van der Waals surface area (Å²) in [6, 6.07) is 21.5. The molecular weight excluding hydrogens is 473 g/mol. The zero-order valence-electron chi connectivity index (χ0n) is 20.0. The molecule has 0 saturated carbocycles. The number of carbonyl (C=O) groups excluding carboxylic acids is 2. The molecule has 0 saturated heterocycles. The van der Waals surface area contributed by atoms with Gasteiger partial charge in [-0.2, -0.15) is 0 Å². The summed E-state index contributed by atoms with van der Waals surface area (Å²) in [7, 11) is 0. The highest BCUT2D eigenvalue weighted by Crippen LogP contribution is 2.46. The Morgan fingerprint density at radius 3 is 2.43 bits per heavy atom. The summed E-state index contributed by atoms with van der Waals surface area (Å²) in [6.07, 6.45) is 0.799. The maximum atomic E-state index is 14.3. The maximum absolute atomic E-state index is 14.3. The summed E-state index contributed by atoms with van der Waals surface area (Å²) < 4.78 is 14.3. The lowest BCUT2D eigenvalue weighted by atomic mass is 9.71. The number of anilines is 1. The van der Waals surface area contributed by atoms with E-state index in [1.54, 1.807) is 19.1 Å². The van der Waals surface area contributed by atoms with Crippen LogP contribution in [0.3, 0.4) is 0 Å². The van der Waals surface area contributed by atoms with Crippen LogP contribution in [0.5, 0.6) is 0 Å². The molecule has 8 heteroatoms. The van der Waals surface area contributed by atoms with Gasteiger partial charge in [-0.15, -0.1) is 0 Å². The Balaban J connectivity index is 1.60. The number of nitro benzene ring substituents is 1. The molecule has 0 radical (unpaired) electrons. The molecule has 1 amide bonds. The number of nitrogens with one attached hydrogen (secondary N) is 2. The lowest BCUT2D eigenvalue weighted by Crippen LogP contribution is -2.37. The number of ketones is 1. The van der Waals surface area contributed by atoms with Crippen molar-refractivity contribution in [3.63, 3.8) is 0 Å². The van der Waals surface area contributed by atoms with E-state index in [1.807, 2.05) is 30.3 Å². The van der Waals surface area contributed by atoms with Gasteiger partial charge in [-0.1, -0.05) is 54.6 Å². The Morgan fingerprint density at radius 2 is 1.70 bits per heavy atom. The lowest BCUT2D eigenvalue weighted by molar-refractivity contribution is -0.384. The zero-order chi connectivity index (χ0) is 26.1. The summed E-state index contributed by atoms with van der Waals surface area (Å²) in [5, 5.41) is 17.4. The van der Waals surface area contributed by atoms with Crippen molar-refractivity contribution >= 4 is 23.1 Å². The number of dihydropyridines is 1. The first-order chi connectivity index (χ1) is 17.8. The van der Waals surface area contributed by atoms with Gasteiger partial charge in [0.1, 0.15) is 5.82 Å². The number of hydrogen-bond donors (Lipinski definition) is 2. The molecule has 1 aliphatic heterocycles. The van der Waals surface area contributed by atoms with E-state index in [0.29, 0.717) is 29.0 Å². The van der Waals surface area contributed by atoms with Crippen molar-refractivity contribution < 1.29 is 18.9 Å². The van der Waals surface area contributed by atoms with Crippen LogP contribution in [0.15, 0.2) is 101 Å². The molecule has 0 unspecified atom stereocenters. The highest BCUT2D eigenvalue weighted by Gasteiger charge is 2.41. The number of rotatable bonds is 5. The molecule has 5 rings (SSSR count). The second-order valence-corrected chi connectivity index (χ2v) is 9.21. The molecule has 1 aliphatic carbocycles. The molecule has 2 N–H and O–H groups in total. The molecule has 0 fully saturated rings. The number of nitro groups is 1. The van der Waals surface area contributed by atoms with Gasteiger partial charge in [0.15, 0.2) is 5.78 Å². The van der Waals surface area contributed by atoms with Gasteiger partial charge in [0.25, 0.3) is 11.6 Å². The minimum Gasteiger partial charge on any atom is -0.362 e. The number of non-ortho nitro benzene ring substituents is 1. The molecule has 3 aromatic carbocycles. The molecule has 186 valence electrons. The van der Waals surface area contributed by atoms with Crippen molar-refractivity contribution in [2.45, 2.75) is 31.6 Å². The Kier molecular flexibility index (Phi) is 6.40. The van der Waals surface area contributed by atoms with Crippen molar-refractivity contribution in [2.75, 3.05) is 5.32 Å². The quantitative estimate of drug-likeness (QED) is 0.346. The van der Waals surface area contributed by atoms with Gasteiger partial charge in [-0.3, -0.25) is 19.7 Å². The first-order valence-electron chi connectivity index (χ1n) is 11.9. The second-order valence-electron chi connectivity index (χ2n) is 9.21. The number of Topliss-reactive ketones (excluding diaryl/α,β-unsaturated/α-hetero) is 1. The molecular formula is C29H24FN3O4. The Hall–Kier alpha value is -4.59. The Morgan fingerprint density at radius 1 is 1.00 bits per heavy atom. The number of nitrogens with zero attached hydrogens (tertiary/aromatic N) is 1. The number of hydrogen-bond acceptors (Lipinski definition) is 5. The van der Waals surface area contributed by atoms with E-state index in [-0.39, 0.29) is 35.1 Å². The number of halogens is 1. The van der Waals surface area contributed by atoms with Gasteiger partial charge < -0.3 is 10.6 Å². The fourth-order valence-electron chi connectivity index (χ4n) is 5.20. The fraction of sp³-hybridized carbons (Fsp3) is 0.172. The predicted octanol–water partition coefficient (Wildman–Crippen LogP) is 5.73. The average molecular weight is 498 g/mol. The van der Waals surface area contributed by atoms with E-state index in [2.05, 4.69) is 10.6 Å². The van der Waals surface area contributed by atoms with Crippen molar-refractivity contribution in [1.82, 2.24) is 5.32 Å². The van der Waals surface area contributed by atoms with Gasteiger partial charge in [0, 0.05) is 47.0 Å². The van der Waals surface area contributed by atoms with Crippen LogP contribution in [-0.2, 0) is 9.59 Å². The standard InChI is InChI=1S/C29H24FN3O4/c1-17-26(29(35)32-23-13-6-5-12-22(23)30)27(19-10-7-11-21(14-19)33(36)37)28-24(31-17)15-20(16-25(28)34)18-8-3-2-4-9-18/h2-14,20,27,31H,15-16H2,1H3,(H,32,35)/t20-,27-/m1/s1. The summed E-state index contributed by atoms with van der Waals surface area (Å²) in [5.41, 5.74) is 3.19. The van der Waals surface area contributed by atoms with Gasteiger partial charge in [-0.05, 0) is 42.5 Å². The third-order valence-electron chi connectivity index (χ3n) is 6.88. The minimum absolute atomic E-state index is 0.00415. The third kappa shape index (κ3) is 4.65. The van der Waals surface area contributed by atoms with Crippen LogP contribution in [0.4, 0.5) is 15.8 Å². The van der Waals surface area contributed by atoms with Crippen molar-refractivity contribution in [1.29, 1.82) is 0 Å². The molecule has 7 nitrogen and oxygen atoms in total. The zero-order valence-corrected chi connectivity index (χ0v) is 20.0. The van der Waals surface area contributed by atoms with Crippen molar-refractivity contribution in [3.8, 4) is 0 Å². The van der Waals surface area contributed by atoms with Crippen molar-refractivity contribution in [2.24, 2.45) is 0 Å². The van der Waals surface area contributed by atoms with Crippen LogP contribution >= 0.6 is 0 Å². The highest BCUT2D eigenvalue weighted by atomic mass is 19.1. The van der Waals surface area contributed by atoms with E-state index in [4.69, 9.17) is 0 Å². The molecule has 0 bridgehead atoms. The topological polar surface area (TPSA) is 101 Å². The van der Waals surface area contributed by atoms with E-state index < -0.39 is 22.6 Å². The summed E-state index contributed by atoms with van der Waals surface area (Å²) in [6.45, 7) is 1.72. The molecule has 2 atom stereocenters. The number of carbonyl (C=O) groups is 2. The number of amides is 1. The van der Waals surface area contributed by atoms with E-state index >= 15 is 0 Å². The van der Waals surface area contributed by atoms with E-state index in [0.717, 1.165) is 5.56 Å². The van der Waals surface area contributed by atoms with Crippen LogP contribution in [0.25, 0.3) is 0 Å². The number of allylic oxidation sites excluding steroid dienone is 3. The van der Waals surface area contributed by atoms with Crippen LogP contribution in [0.1, 0.15) is 42.7 Å². The van der Waals surface area contributed by atoms with Gasteiger partial charge >= 0.3 is 0 Å². The molecule has 37 heavy (non-hydrogen) atoms. The Labute approximate surface area is 212 Å². The first kappa shape index (κ1) is 24.1. The van der Waals surface area contributed by atoms with Crippen LogP contribution < -0.4 is 10.6 Å². The fourth-order valence-corrected chi connectivity index (χ4v) is 5.20. The van der Waals surface area contributed by atoms with E-state index in [9.17, 15) is 24.1 Å². The third-order valence-corrected chi connectivity index (χ3v) is 6.88. The normalized spacial score (nSPS) is 19.2. The van der Waals surface area contributed by atoms with Gasteiger partial charge in [0.2, 0.25) is 0 Å². The largest absolute Gasteiger partial charge is 0.362 e. The molecule has 3 aromatic rings. The van der Waals surface area contributed by atoms with Gasteiger partial charge in [-0.25, -0.2) is 4.39 Å². The highest BCUT2D eigenvalue weighted by molar-refractivity contribution is 6.10. The van der Waals surface area contributed by atoms with Gasteiger partial charge in [0.05, 0.1) is 10.6 Å². The number of benzene rings is 3. The summed E-state index contributed by atoms with van der Waals surface area (Å²) in [4.78, 5) is 38.2. The summed E-state index contributed by atoms with van der Waals surface area (Å²) >= 11 is 0. The first-order valence-corrected chi connectivity index (χ1v) is 11.9. The minimum atomic E-state index is -0.841. The monoisotopic (exact) mass is 497 g/mol. The Bertz CT molecular complexity index is 1480. The second kappa shape index (κ2) is 9.81. The molecule has 2 aliphatic rings. The molecule has 1 heterocycles. The van der Waals surface area contributed by atoms with E-state index in [1.165, 1.54) is 36.4 Å². The molecule has 0 aromatic heterocycles. The summed E-state index contributed by atoms with van der Waals surface area (Å²) in [5.74, 6) is -2.19. The SMILES string of the molecule is CC1=C(C(=O)Nc2ccccc2F)[C@@H](c2cccc([N+](=O)[O-])c2)C2=C(C[C@@H](c3ccccc3)CC2=O)N1.